The lowest BCUT2D eigenvalue weighted by Crippen LogP contribution is -2.51. The van der Waals surface area contributed by atoms with Crippen LogP contribution in [0.5, 0.6) is 0 Å². The number of piperidine rings is 1. The van der Waals surface area contributed by atoms with Gasteiger partial charge in [-0.2, -0.15) is 0 Å². The first-order valence-electron chi connectivity index (χ1n) is 10.3. The van der Waals surface area contributed by atoms with E-state index < -0.39 is 0 Å². The van der Waals surface area contributed by atoms with Gasteiger partial charge >= 0.3 is 0 Å². The third-order valence-electron chi connectivity index (χ3n) is 5.65. The van der Waals surface area contributed by atoms with Crippen LogP contribution in [0.3, 0.4) is 0 Å². The van der Waals surface area contributed by atoms with Gasteiger partial charge < -0.3 is 19.1 Å². The van der Waals surface area contributed by atoms with Crippen molar-refractivity contribution in [3.8, 4) is 11.3 Å². The van der Waals surface area contributed by atoms with Gasteiger partial charge in [0, 0.05) is 43.7 Å². The molecule has 2 unspecified atom stereocenters. The van der Waals surface area contributed by atoms with E-state index in [1.165, 1.54) is 0 Å². The van der Waals surface area contributed by atoms with Crippen molar-refractivity contribution in [3.63, 3.8) is 0 Å². The van der Waals surface area contributed by atoms with Gasteiger partial charge in [0.1, 0.15) is 0 Å². The van der Waals surface area contributed by atoms with Crippen LogP contribution < -0.4 is 0 Å². The van der Waals surface area contributed by atoms with Crippen molar-refractivity contribution in [3.05, 3.63) is 42.1 Å². The lowest BCUT2D eigenvalue weighted by atomic mass is 9.94. The molecule has 0 spiro atoms. The molecule has 2 atom stereocenters. The Bertz CT molecular complexity index is 848. The molecule has 3 heterocycles. The van der Waals surface area contributed by atoms with E-state index in [1.54, 1.807) is 11.0 Å². The summed E-state index contributed by atoms with van der Waals surface area (Å²) in [7, 11) is 0. The molecular weight excluding hydrogens is 370 g/mol. The van der Waals surface area contributed by atoms with Gasteiger partial charge in [-0.05, 0) is 26.7 Å². The minimum absolute atomic E-state index is 0.0336. The second-order valence-electron chi connectivity index (χ2n) is 8.01. The highest BCUT2D eigenvalue weighted by molar-refractivity contribution is 5.93. The Labute approximate surface area is 170 Å². The number of carbonyl (C=O) groups excluding carboxylic acids is 2. The summed E-state index contributed by atoms with van der Waals surface area (Å²) in [6.07, 6.45) is 1.48. The number of carbonyl (C=O) groups is 2. The van der Waals surface area contributed by atoms with Crippen LogP contribution >= 0.6 is 0 Å². The number of nitrogens with zero attached hydrogens (tertiary/aromatic N) is 3. The quantitative estimate of drug-likeness (QED) is 0.796. The fraction of sp³-hybridized carbons (Fsp3) is 0.500. The number of ether oxygens (including phenoxy) is 1. The maximum atomic E-state index is 12.9. The third kappa shape index (κ3) is 4.34. The molecule has 2 fully saturated rings. The summed E-state index contributed by atoms with van der Waals surface area (Å²) in [5.41, 5.74) is 1.20. The van der Waals surface area contributed by atoms with Crippen molar-refractivity contribution >= 4 is 11.8 Å². The lowest BCUT2D eigenvalue weighted by Gasteiger charge is -2.39. The molecule has 2 aliphatic rings. The molecule has 1 aromatic carbocycles. The fourth-order valence-electron chi connectivity index (χ4n) is 4.22. The summed E-state index contributed by atoms with van der Waals surface area (Å²) in [5, 5.41) is 3.96. The molecule has 2 saturated heterocycles. The molecule has 154 valence electrons. The van der Waals surface area contributed by atoms with E-state index in [0.717, 1.165) is 5.56 Å². The van der Waals surface area contributed by atoms with E-state index in [0.29, 0.717) is 50.5 Å². The minimum atomic E-state index is -0.143. The van der Waals surface area contributed by atoms with E-state index in [-0.39, 0.29) is 29.9 Å². The van der Waals surface area contributed by atoms with Crippen LogP contribution in [0.1, 0.15) is 37.2 Å². The normalized spacial score (nSPS) is 23.2. The topological polar surface area (TPSA) is 75.9 Å². The zero-order valence-electron chi connectivity index (χ0n) is 16.9. The number of amides is 2. The van der Waals surface area contributed by atoms with Crippen LogP contribution in [0, 0.1) is 5.92 Å². The first-order valence-corrected chi connectivity index (χ1v) is 10.3. The van der Waals surface area contributed by atoms with Gasteiger partial charge in [0.05, 0.1) is 12.2 Å². The summed E-state index contributed by atoms with van der Waals surface area (Å²) in [6, 6.07) is 11.3. The maximum absolute atomic E-state index is 12.9. The minimum Gasteiger partial charge on any atom is -0.372 e. The number of likely N-dealkylation sites (tertiary alicyclic amines) is 1. The Morgan fingerprint density at radius 3 is 2.31 bits per heavy atom. The predicted molar refractivity (Wildman–Crippen MR) is 107 cm³/mol. The molecule has 4 rings (SSSR count). The van der Waals surface area contributed by atoms with Crippen LogP contribution in [0.25, 0.3) is 11.3 Å². The first kappa shape index (κ1) is 19.6. The number of hydrogen-bond donors (Lipinski definition) is 0. The highest BCUT2D eigenvalue weighted by atomic mass is 16.5. The SMILES string of the molecule is CC1CN(C(=O)C2CCN(C(=O)c3cc(-c4ccccc4)on3)CC2)CC(C)O1. The summed E-state index contributed by atoms with van der Waals surface area (Å²) < 4.78 is 11.1. The van der Waals surface area contributed by atoms with E-state index in [1.807, 2.05) is 49.1 Å². The number of rotatable bonds is 3. The van der Waals surface area contributed by atoms with Crippen molar-refractivity contribution in [2.24, 2.45) is 5.92 Å². The molecule has 1 aromatic heterocycles. The first-order chi connectivity index (χ1) is 14.0. The Balaban J connectivity index is 1.34. The van der Waals surface area contributed by atoms with Crippen LogP contribution in [0.15, 0.2) is 40.9 Å². The Morgan fingerprint density at radius 1 is 1.00 bits per heavy atom. The van der Waals surface area contributed by atoms with Crippen molar-refractivity contribution in [1.29, 1.82) is 0 Å². The lowest BCUT2D eigenvalue weighted by molar-refractivity contribution is -0.148. The van der Waals surface area contributed by atoms with Crippen LogP contribution in [-0.2, 0) is 9.53 Å². The van der Waals surface area contributed by atoms with Crippen molar-refractivity contribution in [2.75, 3.05) is 26.2 Å². The van der Waals surface area contributed by atoms with Crippen molar-refractivity contribution in [1.82, 2.24) is 15.0 Å². The average Bonchev–Trinajstić information content (AvgIpc) is 3.23. The number of aromatic nitrogens is 1. The second kappa shape index (κ2) is 8.37. The molecule has 0 bridgehead atoms. The fourth-order valence-corrected chi connectivity index (χ4v) is 4.22. The van der Waals surface area contributed by atoms with Gasteiger partial charge in [0.15, 0.2) is 11.5 Å². The summed E-state index contributed by atoms with van der Waals surface area (Å²) in [6.45, 7) is 6.39. The molecular formula is C22H27N3O4. The summed E-state index contributed by atoms with van der Waals surface area (Å²) >= 11 is 0. The Kier molecular flexibility index (Phi) is 5.67. The van der Waals surface area contributed by atoms with Gasteiger partial charge in [-0.3, -0.25) is 9.59 Å². The number of benzene rings is 1. The summed E-state index contributed by atoms with van der Waals surface area (Å²) in [5.74, 6) is 0.589. The van der Waals surface area contributed by atoms with Crippen LogP contribution in [0.2, 0.25) is 0 Å². The molecule has 7 nitrogen and oxygen atoms in total. The zero-order chi connectivity index (χ0) is 20.4. The molecule has 7 heteroatoms. The Hall–Kier alpha value is -2.67. The molecule has 0 radical (unpaired) electrons. The van der Waals surface area contributed by atoms with Gasteiger partial charge in [-0.15, -0.1) is 0 Å². The zero-order valence-corrected chi connectivity index (χ0v) is 16.9. The van der Waals surface area contributed by atoms with Gasteiger partial charge in [-0.1, -0.05) is 35.5 Å². The van der Waals surface area contributed by atoms with Crippen LogP contribution in [0.4, 0.5) is 0 Å². The van der Waals surface area contributed by atoms with Crippen LogP contribution in [-0.4, -0.2) is 65.2 Å². The smallest absolute Gasteiger partial charge is 0.276 e. The summed E-state index contributed by atoms with van der Waals surface area (Å²) in [4.78, 5) is 29.4. The molecule has 0 aliphatic carbocycles. The highest BCUT2D eigenvalue weighted by Gasteiger charge is 2.34. The molecule has 2 aliphatic heterocycles. The maximum Gasteiger partial charge on any atom is 0.276 e. The monoisotopic (exact) mass is 397 g/mol. The standard InChI is InChI=1S/C22H27N3O4/c1-15-13-25(14-16(2)28-15)21(26)18-8-10-24(11-9-18)22(27)19-12-20(29-23-19)17-6-4-3-5-7-17/h3-7,12,15-16,18H,8-11,13-14H2,1-2H3. The third-order valence-corrected chi connectivity index (χ3v) is 5.65. The molecule has 0 N–H and O–H groups in total. The van der Waals surface area contributed by atoms with Crippen molar-refractivity contribution < 1.29 is 18.8 Å². The predicted octanol–water partition coefficient (Wildman–Crippen LogP) is 2.83. The molecule has 0 saturated carbocycles. The van der Waals surface area contributed by atoms with E-state index in [9.17, 15) is 9.59 Å². The number of morpholine rings is 1. The molecule has 2 aromatic rings. The average molecular weight is 397 g/mol. The molecule has 2 amide bonds. The van der Waals surface area contributed by atoms with E-state index in [4.69, 9.17) is 9.26 Å². The number of hydrogen-bond acceptors (Lipinski definition) is 5. The highest BCUT2D eigenvalue weighted by Crippen LogP contribution is 2.25. The van der Waals surface area contributed by atoms with Crippen molar-refractivity contribution in [2.45, 2.75) is 38.9 Å². The van der Waals surface area contributed by atoms with E-state index >= 15 is 0 Å². The molecule has 29 heavy (non-hydrogen) atoms. The van der Waals surface area contributed by atoms with E-state index in [2.05, 4.69) is 5.16 Å². The van der Waals surface area contributed by atoms with Gasteiger partial charge in [-0.25, -0.2) is 0 Å². The van der Waals surface area contributed by atoms with Gasteiger partial charge in [0.25, 0.3) is 5.91 Å². The van der Waals surface area contributed by atoms with Gasteiger partial charge in [0.2, 0.25) is 5.91 Å². The second-order valence-corrected chi connectivity index (χ2v) is 8.01. The largest absolute Gasteiger partial charge is 0.372 e. The Morgan fingerprint density at radius 2 is 1.66 bits per heavy atom.